The summed E-state index contributed by atoms with van der Waals surface area (Å²) in [7, 11) is 0. The Morgan fingerprint density at radius 1 is 1.21 bits per heavy atom. The summed E-state index contributed by atoms with van der Waals surface area (Å²) >= 11 is 0.853. The van der Waals surface area contributed by atoms with E-state index in [1.807, 2.05) is 20.8 Å². The zero-order valence-corrected chi connectivity index (χ0v) is 11.5. The van der Waals surface area contributed by atoms with Crippen molar-refractivity contribution in [3.05, 3.63) is 46.0 Å². The minimum Gasteiger partial charge on any atom is -0.287 e. The van der Waals surface area contributed by atoms with Crippen LogP contribution in [-0.2, 0) is 5.41 Å². The third kappa shape index (κ3) is 2.53. The van der Waals surface area contributed by atoms with Gasteiger partial charge in [-0.15, -0.1) is 5.10 Å². The van der Waals surface area contributed by atoms with E-state index in [2.05, 4.69) is 9.59 Å². The number of carbonyl (C=O) groups excluding carboxylic acids is 1. The monoisotopic (exact) mass is 282 g/mol. The highest BCUT2D eigenvalue weighted by atomic mass is 32.1. The molecule has 0 aliphatic rings. The van der Waals surface area contributed by atoms with Gasteiger partial charge in [0, 0.05) is 5.41 Å². The topological polar surface area (TPSA) is 42.9 Å². The first-order valence-corrected chi connectivity index (χ1v) is 6.41. The van der Waals surface area contributed by atoms with Crippen LogP contribution in [0.1, 0.15) is 41.7 Å². The molecule has 0 saturated carbocycles. The predicted octanol–water partition coefficient (Wildman–Crippen LogP) is 3.34. The fraction of sp³-hybridized carbons (Fsp3) is 0.308. The second kappa shape index (κ2) is 4.77. The number of benzene rings is 1. The van der Waals surface area contributed by atoms with Crippen molar-refractivity contribution < 1.29 is 13.6 Å². The fourth-order valence-electron chi connectivity index (χ4n) is 1.66. The Morgan fingerprint density at radius 2 is 1.79 bits per heavy atom. The van der Waals surface area contributed by atoms with Crippen LogP contribution in [0.3, 0.4) is 0 Å². The molecule has 0 radical (unpaired) electrons. The molecule has 19 heavy (non-hydrogen) atoms. The third-order valence-electron chi connectivity index (χ3n) is 2.59. The molecule has 3 nitrogen and oxygen atoms in total. The van der Waals surface area contributed by atoms with Gasteiger partial charge in [-0.25, -0.2) is 8.78 Å². The number of carbonyl (C=O) groups is 1. The molecule has 0 atom stereocenters. The van der Waals surface area contributed by atoms with E-state index in [9.17, 15) is 13.6 Å². The van der Waals surface area contributed by atoms with E-state index in [0.29, 0.717) is 5.69 Å². The smallest absolute Gasteiger partial charge is 0.212 e. The maximum Gasteiger partial charge on any atom is 0.212 e. The van der Waals surface area contributed by atoms with Gasteiger partial charge in [-0.3, -0.25) is 4.79 Å². The minimum absolute atomic E-state index is 0.177. The van der Waals surface area contributed by atoms with Crippen molar-refractivity contribution in [2.24, 2.45) is 0 Å². The molecule has 2 rings (SSSR count). The van der Waals surface area contributed by atoms with Crippen LogP contribution in [0, 0.1) is 11.6 Å². The van der Waals surface area contributed by atoms with Crippen molar-refractivity contribution in [3.8, 4) is 0 Å². The molecule has 2 aromatic rings. The van der Waals surface area contributed by atoms with E-state index in [4.69, 9.17) is 0 Å². The van der Waals surface area contributed by atoms with Gasteiger partial charge in [-0.05, 0) is 23.7 Å². The van der Waals surface area contributed by atoms with Crippen LogP contribution < -0.4 is 0 Å². The van der Waals surface area contributed by atoms with Crippen molar-refractivity contribution in [1.29, 1.82) is 0 Å². The highest BCUT2D eigenvalue weighted by molar-refractivity contribution is 7.08. The first-order chi connectivity index (χ1) is 8.82. The molecule has 1 aromatic heterocycles. The summed E-state index contributed by atoms with van der Waals surface area (Å²) in [6.07, 6.45) is 0. The zero-order chi connectivity index (χ0) is 14.2. The van der Waals surface area contributed by atoms with Crippen molar-refractivity contribution in [2.45, 2.75) is 26.2 Å². The summed E-state index contributed by atoms with van der Waals surface area (Å²) < 4.78 is 31.0. The van der Waals surface area contributed by atoms with Crippen LogP contribution in [-0.4, -0.2) is 15.4 Å². The highest BCUT2D eigenvalue weighted by Crippen LogP contribution is 2.28. The summed E-state index contributed by atoms with van der Waals surface area (Å²) in [5, 5.41) is 3.90. The number of ketones is 1. The lowest BCUT2D eigenvalue weighted by atomic mass is 9.90. The largest absolute Gasteiger partial charge is 0.287 e. The molecule has 0 aliphatic heterocycles. The lowest BCUT2D eigenvalue weighted by Crippen LogP contribution is -2.17. The minimum atomic E-state index is -0.877. The SMILES string of the molecule is CC(C)(C)c1nnsc1C(=O)c1c(F)cccc1F. The third-order valence-corrected chi connectivity index (χ3v) is 3.32. The average Bonchev–Trinajstić information content (AvgIpc) is 2.76. The van der Waals surface area contributed by atoms with Crippen LogP contribution >= 0.6 is 11.5 Å². The van der Waals surface area contributed by atoms with E-state index in [0.717, 1.165) is 23.7 Å². The predicted molar refractivity (Wildman–Crippen MR) is 68.4 cm³/mol. The molecule has 0 saturated heterocycles. The Kier molecular flexibility index (Phi) is 3.45. The second-order valence-corrected chi connectivity index (χ2v) is 5.88. The Balaban J connectivity index is 2.55. The zero-order valence-electron chi connectivity index (χ0n) is 10.7. The van der Waals surface area contributed by atoms with Gasteiger partial charge in [0.1, 0.15) is 16.5 Å². The Labute approximate surface area is 113 Å². The molecule has 0 fully saturated rings. The van der Waals surface area contributed by atoms with Crippen LogP contribution in [0.25, 0.3) is 0 Å². The molecule has 0 N–H and O–H groups in total. The van der Waals surface area contributed by atoms with Crippen LogP contribution in [0.15, 0.2) is 18.2 Å². The van der Waals surface area contributed by atoms with Crippen LogP contribution in [0.2, 0.25) is 0 Å². The second-order valence-electron chi connectivity index (χ2n) is 5.13. The van der Waals surface area contributed by atoms with Crippen molar-refractivity contribution in [2.75, 3.05) is 0 Å². The van der Waals surface area contributed by atoms with Gasteiger partial charge in [-0.1, -0.05) is 31.3 Å². The summed E-state index contributed by atoms with van der Waals surface area (Å²) in [4.78, 5) is 12.4. The molecule has 0 spiro atoms. The van der Waals surface area contributed by atoms with Gasteiger partial charge < -0.3 is 0 Å². The Morgan fingerprint density at radius 3 is 2.32 bits per heavy atom. The first-order valence-electron chi connectivity index (χ1n) is 5.64. The van der Waals surface area contributed by atoms with E-state index < -0.39 is 28.4 Å². The molecular weight excluding hydrogens is 270 g/mol. The lowest BCUT2D eigenvalue weighted by molar-refractivity contribution is 0.103. The van der Waals surface area contributed by atoms with Crippen molar-refractivity contribution >= 4 is 17.3 Å². The van der Waals surface area contributed by atoms with Gasteiger partial charge in [0.2, 0.25) is 5.78 Å². The number of halogens is 2. The molecule has 0 aliphatic carbocycles. The van der Waals surface area contributed by atoms with Gasteiger partial charge >= 0.3 is 0 Å². The van der Waals surface area contributed by atoms with Gasteiger partial charge in [0.15, 0.2) is 0 Å². The number of hydrogen-bond acceptors (Lipinski definition) is 4. The van der Waals surface area contributed by atoms with Crippen LogP contribution in [0.4, 0.5) is 8.78 Å². The van der Waals surface area contributed by atoms with E-state index in [-0.39, 0.29) is 4.88 Å². The van der Waals surface area contributed by atoms with E-state index in [1.165, 1.54) is 6.07 Å². The van der Waals surface area contributed by atoms with Crippen molar-refractivity contribution in [1.82, 2.24) is 9.59 Å². The molecule has 1 heterocycles. The number of hydrogen-bond donors (Lipinski definition) is 0. The van der Waals surface area contributed by atoms with E-state index in [1.54, 1.807) is 0 Å². The standard InChI is InChI=1S/C13H12F2N2OS/c1-13(2,3)12-11(19-17-16-12)10(18)9-7(14)5-4-6-8(9)15/h4-6H,1-3H3. The number of rotatable bonds is 2. The summed E-state index contributed by atoms with van der Waals surface area (Å²) in [6.45, 7) is 5.58. The highest BCUT2D eigenvalue weighted by Gasteiger charge is 2.29. The molecule has 0 bridgehead atoms. The molecule has 6 heteroatoms. The van der Waals surface area contributed by atoms with E-state index >= 15 is 0 Å². The first kappa shape index (κ1) is 13.7. The average molecular weight is 282 g/mol. The van der Waals surface area contributed by atoms with Gasteiger partial charge in [-0.2, -0.15) is 0 Å². The lowest BCUT2D eigenvalue weighted by Gasteiger charge is -2.16. The van der Waals surface area contributed by atoms with Crippen molar-refractivity contribution in [3.63, 3.8) is 0 Å². The fourth-order valence-corrected chi connectivity index (χ4v) is 2.48. The normalized spacial score (nSPS) is 11.6. The Hall–Kier alpha value is -1.69. The maximum atomic E-state index is 13.6. The Bertz CT molecular complexity index is 612. The molecule has 1 aromatic carbocycles. The maximum absolute atomic E-state index is 13.6. The molecule has 0 unspecified atom stereocenters. The number of nitrogens with zero attached hydrogens (tertiary/aromatic N) is 2. The molecule has 0 amide bonds. The van der Waals surface area contributed by atoms with Crippen LogP contribution in [0.5, 0.6) is 0 Å². The quantitative estimate of drug-likeness (QED) is 0.793. The number of aromatic nitrogens is 2. The van der Waals surface area contributed by atoms with Gasteiger partial charge in [0.25, 0.3) is 0 Å². The summed E-state index contributed by atoms with van der Waals surface area (Å²) in [5.74, 6) is -2.47. The summed E-state index contributed by atoms with van der Waals surface area (Å²) in [6, 6.07) is 3.33. The molecule has 100 valence electrons. The van der Waals surface area contributed by atoms with Gasteiger partial charge in [0.05, 0.1) is 11.3 Å². The molecular formula is C13H12F2N2OS. The summed E-state index contributed by atoms with van der Waals surface area (Å²) in [5.41, 5.74) is -0.524.